The van der Waals surface area contributed by atoms with Crippen LogP contribution in [0, 0.1) is 5.41 Å². The van der Waals surface area contributed by atoms with Gasteiger partial charge in [0.25, 0.3) is 5.91 Å². The van der Waals surface area contributed by atoms with E-state index >= 15 is 0 Å². The highest BCUT2D eigenvalue weighted by molar-refractivity contribution is 5.97. The maximum Gasteiger partial charge on any atom is 0.251 e. The van der Waals surface area contributed by atoms with Gasteiger partial charge in [-0.15, -0.1) is 0 Å². The van der Waals surface area contributed by atoms with Crippen molar-refractivity contribution in [2.75, 3.05) is 13.2 Å². The molecule has 0 fully saturated rings. The molecule has 0 heterocycles. The normalized spacial score (nSPS) is 11.8. The number of nitrogens with two attached hydrogens (primary N) is 1. The summed E-state index contributed by atoms with van der Waals surface area (Å²) in [4.78, 5) is 12.0. The molecular formula is C19H31N3O3. The Morgan fingerprint density at radius 2 is 1.76 bits per heavy atom. The molecule has 1 atom stereocenters. The van der Waals surface area contributed by atoms with Crippen LogP contribution >= 0.6 is 0 Å². The van der Waals surface area contributed by atoms with Crippen molar-refractivity contribution in [2.45, 2.75) is 57.9 Å². The van der Waals surface area contributed by atoms with Gasteiger partial charge in [0, 0.05) is 5.56 Å². The van der Waals surface area contributed by atoms with E-state index in [1.807, 2.05) is 0 Å². The zero-order valence-electron chi connectivity index (χ0n) is 15.1. The van der Waals surface area contributed by atoms with Crippen LogP contribution in [0.3, 0.4) is 0 Å². The minimum Gasteiger partial charge on any atom is -0.494 e. The molecule has 0 aliphatic carbocycles. The molecule has 0 saturated carbocycles. The van der Waals surface area contributed by atoms with Crippen LogP contribution in [0.1, 0.15) is 62.2 Å². The van der Waals surface area contributed by atoms with Gasteiger partial charge in [-0.25, -0.2) is 0 Å². The number of amides is 1. The van der Waals surface area contributed by atoms with Crippen molar-refractivity contribution in [1.82, 2.24) is 5.32 Å². The Kier molecular flexibility index (Phi) is 10.3. The SMILES string of the molecule is CCCCCCCCCOc1ccc(C(=O)N[C@H](CO)C(=N)N)cc1. The summed E-state index contributed by atoms with van der Waals surface area (Å²) < 4.78 is 5.68. The zero-order valence-corrected chi connectivity index (χ0v) is 15.1. The number of rotatable bonds is 13. The van der Waals surface area contributed by atoms with Crippen LogP contribution in [0.2, 0.25) is 0 Å². The van der Waals surface area contributed by atoms with Crippen LogP contribution in [0.4, 0.5) is 0 Å². The Morgan fingerprint density at radius 1 is 1.16 bits per heavy atom. The summed E-state index contributed by atoms with van der Waals surface area (Å²) in [7, 11) is 0. The molecule has 0 radical (unpaired) electrons. The molecule has 6 heteroatoms. The largest absolute Gasteiger partial charge is 0.494 e. The molecule has 1 amide bonds. The molecule has 25 heavy (non-hydrogen) atoms. The lowest BCUT2D eigenvalue weighted by Gasteiger charge is -2.14. The Balaban J connectivity index is 2.29. The maximum absolute atomic E-state index is 12.0. The number of benzene rings is 1. The molecule has 0 saturated heterocycles. The van der Waals surface area contributed by atoms with Crippen LogP contribution in [-0.2, 0) is 0 Å². The highest BCUT2D eigenvalue weighted by Gasteiger charge is 2.15. The fourth-order valence-electron chi connectivity index (χ4n) is 2.42. The van der Waals surface area contributed by atoms with Crippen molar-refractivity contribution in [3.8, 4) is 5.75 Å². The summed E-state index contributed by atoms with van der Waals surface area (Å²) in [6, 6.07) is 5.95. The summed E-state index contributed by atoms with van der Waals surface area (Å²) in [6.45, 7) is 2.49. The number of hydrogen-bond donors (Lipinski definition) is 4. The first-order valence-electron chi connectivity index (χ1n) is 9.07. The fourth-order valence-corrected chi connectivity index (χ4v) is 2.42. The topological polar surface area (TPSA) is 108 Å². The van der Waals surface area contributed by atoms with Crippen LogP contribution in [0.15, 0.2) is 24.3 Å². The monoisotopic (exact) mass is 349 g/mol. The average molecular weight is 349 g/mol. The second-order valence-corrected chi connectivity index (χ2v) is 6.16. The average Bonchev–Trinajstić information content (AvgIpc) is 2.62. The Labute approximate surface area is 150 Å². The second kappa shape index (κ2) is 12.3. The number of unbranched alkanes of at least 4 members (excludes halogenated alkanes) is 6. The van der Waals surface area contributed by atoms with Crippen LogP contribution < -0.4 is 15.8 Å². The van der Waals surface area contributed by atoms with Crippen molar-refractivity contribution in [2.24, 2.45) is 5.73 Å². The van der Waals surface area contributed by atoms with E-state index in [1.165, 1.54) is 38.5 Å². The van der Waals surface area contributed by atoms with E-state index in [4.69, 9.17) is 21.0 Å². The van der Waals surface area contributed by atoms with Gasteiger partial charge in [0.15, 0.2) is 0 Å². The minimum absolute atomic E-state index is 0.273. The first-order valence-corrected chi connectivity index (χ1v) is 9.07. The van der Waals surface area contributed by atoms with Gasteiger partial charge in [-0.2, -0.15) is 0 Å². The fraction of sp³-hybridized carbons (Fsp3) is 0.579. The number of carbonyl (C=O) groups excluding carboxylic acids is 1. The smallest absolute Gasteiger partial charge is 0.251 e. The molecule has 0 aliphatic heterocycles. The summed E-state index contributed by atoms with van der Waals surface area (Å²) in [5, 5.41) is 18.9. The highest BCUT2D eigenvalue weighted by Crippen LogP contribution is 2.14. The van der Waals surface area contributed by atoms with Gasteiger partial charge in [0.2, 0.25) is 0 Å². The van der Waals surface area contributed by atoms with E-state index in [-0.39, 0.29) is 11.7 Å². The molecule has 0 unspecified atom stereocenters. The molecular weight excluding hydrogens is 318 g/mol. The Bertz CT molecular complexity index is 517. The van der Waals surface area contributed by atoms with Gasteiger partial charge in [0.1, 0.15) is 17.6 Å². The third kappa shape index (κ3) is 8.54. The quantitative estimate of drug-likeness (QED) is 0.249. The second-order valence-electron chi connectivity index (χ2n) is 6.16. The maximum atomic E-state index is 12.0. The zero-order chi connectivity index (χ0) is 18.5. The number of amidine groups is 1. The van der Waals surface area contributed by atoms with Crippen molar-refractivity contribution in [3.63, 3.8) is 0 Å². The van der Waals surface area contributed by atoms with E-state index in [0.717, 1.165) is 12.2 Å². The number of aliphatic hydroxyl groups excluding tert-OH is 1. The number of hydrogen-bond acceptors (Lipinski definition) is 4. The van der Waals surface area contributed by atoms with Crippen molar-refractivity contribution in [1.29, 1.82) is 5.41 Å². The van der Waals surface area contributed by atoms with Gasteiger partial charge in [0.05, 0.1) is 13.2 Å². The lowest BCUT2D eigenvalue weighted by Crippen LogP contribution is -2.46. The third-order valence-electron chi connectivity index (χ3n) is 4.00. The van der Waals surface area contributed by atoms with Crippen LogP contribution in [0.25, 0.3) is 0 Å². The van der Waals surface area contributed by atoms with Gasteiger partial charge in [-0.05, 0) is 30.7 Å². The van der Waals surface area contributed by atoms with Crippen LogP contribution in [-0.4, -0.2) is 36.1 Å². The first-order chi connectivity index (χ1) is 12.1. The standard InChI is InChI=1S/C19H31N3O3/c1-2-3-4-5-6-7-8-13-25-16-11-9-15(10-12-16)19(24)22-17(14-23)18(20)21/h9-12,17,23H,2-8,13-14H2,1H3,(H3,20,21)(H,22,24)/t17-/m1/s1. The van der Waals surface area contributed by atoms with Gasteiger partial charge < -0.3 is 20.9 Å². The minimum atomic E-state index is -0.860. The highest BCUT2D eigenvalue weighted by atomic mass is 16.5. The molecule has 5 N–H and O–H groups in total. The van der Waals surface area contributed by atoms with Gasteiger partial charge >= 0.3 is 0 Å². The molecule has 0 aromatic heterocycles. The molecule has 0 bridgehead atoms. The van der Waals surface area contributed by atoms with Gasteiger partial charge in [-0.1, -0.05) is 45.4 Å². The number of carbonyl (C=O) groups is 1. The number of aliphatic hydroxyl groups is 1. The van der Waals surface area contributed by atoms with Crippen molar-refractivity contribution >= 4 is 11.7 Å². The first kappa shape index (κ1) is 21.0. The predicted octanol–water partition coefficient (Wildman–Crippen LogP) is 2.84. The summed E-state index contributed by atoms with van der Waals surface area (Å²) in [5.74, 6) is 0.0752. The van der Waals surface area contributed by atoms with Crippen LogP contribution in [0.5, 0.6) is 5.75 Å². The molecule has 1 aromatic rings. The van der Waals surface area contributed by atoms with Gasteiger partial charge in [-0.3, -0.25) is 10.2 Å². The molecule has 1 aromatic carbocycles. The molecule has 140 valence electrons. The van der Waals surface area contributed by atoms with E-state index < -0.39 is 12.6 Å². The molecule has 0 aliphatic rings. The Morgan fingerprint density at radius 3 is 2.32 bits per heavy atom. The molecule has 0 spiro atoms. The van der Waals surface area contributed by atoms with E-state index in [2.05, 4.69) is 12.2 Å². The Hall–Kier alpha value is -2.08. The molecule has 1 rings (SSSR count). The number of ether oxygens (including phenoxy) is 1. The lowest BCUT2D eigenvalue weighted by atomic mass is 10.1. The molecule has 6 nitrogen and oxygen atoms in total. The van der Waals surface area contributed by atoms with Crippen molar-refractivity contribution < 1.29 is 14.6 Å². The van der Waals surface area contributed by atoms with E-state index in [0.29, 0.717) is 12.2 Å². The summed E-state index contributed by atoms with van der Waals surface area (Å²) in [5.41, 5.74) is 5.73. The summed E-state index contributed by atoms with van der Waals surface area (Å²) in [6.07, 6.45) is 8.68. The third-order valence-corrected chi connectivity index (χ3v) is 4.00. The number of nitrogens with one attached hydrogen (secondary N) is 2. The predicted molar refractivity (Wildman–Crippen MR) is 100 cm³/mol. The summed E-state index contributed by atoms with van der Waals surface area (Å²) >= 11 is 0. The lowest BCUT2D eigenvalue weighted by molar-refractivity contribution is 0.0933. The van der Waals surface area contributed by atoms with Crippen molar-refractivity contribution in [3.05, 3.63) is 29.8 Å². The van der Waals surface area contributed by atoms with E-state index in [1.54, 1.807) is 24.3 Å². The van der Waals surface area contributed by atoms with E-state index in [9.17, 15) is 4.79 Å².